The van der Waals surface area contributed by atoms with Crippen LogP contribution < -0.4 is 4.74 Å². The van der Waals surface area contributed by atoms with Crippen molar-refractivity contribution in [3.05, 3.63) is 29.5 Å². The quantitative estimate of drug-likeness (QED) is 0.795. The van der Waals surface area contributed by atoms with Gasteiger partial charge < -0.3 is 14.8 Å². The number of rotatable bonds is 2. The number of carbonyl (C=O) groups is 1. The van der Waals surface area contributed by atoms with Gasteiger partial charge in [-0.25, -0.2) is 4.79 Å². The number of aromatic amines is 1. The first-order valence-corrected chi connectivity index (χ1v) is 4.28. The molecule has 0 aliphatic heterocycles. The minimum absolute atomic E-state index is 0.191. The van der Waals surface area contributed by atoms with Crippen molar-refractivity contribution in [2.45, 2.75) is 6.85 Å². The zero-order valence-corrected chi connectivity index (χ0v) is 8.00. The molecule has 4 nitrogen and oxygen atoms in total. The Kier molecular flexibility index (Phi) is 1.43. The maximum Gasteiger partial charge on any atom is 0.352 e. The normalized spacial score (nSPS) is 14.3. The van der Waals surface area contributed by atoms with Gasteiger partial charge in [0.2, 0.25) is 0 Å². The minimum atomic E-state index is -2.50. The van der Waals surface area contributed by atoms with E-state index in [4.69, 9.17) is 14.0 Å². The Morgan fingerprint density at radius 3 is 3.00 bits per heavy atom. The molecule has 15 heavy (non-hydrogen) atoms. The second-order valence-electron chi connectivity index (χ2n) is 3.09. The third-order valence-electron chi connectivity index (χ3n) is 2.22. The molecule has 0 fully saturated rings. The molecule has 2 rings (SSSR count). The number of fused-ring (bicyclic) bond motifs is 1. The standard InChI is InChI=1S/C11H11NO3/c1-6-8-5-7(15-2)3-4-9(8)12-10(6)11(13)14/h3-5,12H,1-2H3,(H,13,14)/i1D3. The molecule has 0 amide bonds. The Bertz CT molecular complexity index is 616. The number of aryl methyl sites for hydroxylation is 1. The number of aromatic carboxylic acids is 1. The monoisotopic (exact) mass is 208 g/mol. The molecule has 0 aliphatic rings. The molecule has 0 saturated carbocycles. The first-order chi connectivity index (χ1) is 8.34. The van der Waals surface area contributed by atoms with Gasteiger partial charge in [0.1, 0.15) is 11.4 Å². The molecule has 2 aromatic rings. The van der Waals surface area contributed by atoms with Crippen LogP contribution in [-0.2, 0) is 0 Å². The first kappa shape index (κ1) is 6.50. The average Bonchev–Trinajstić information content (AvgIpc) is 2.66. The van der Waals surface area contributed by atoms with E-state index in [1.807, 2.05) is 0 Å². The second-order valence-corrected chi connectivity index (χ2v) is 3.09. The lowest BCUT2D eigenvalue weighted by Crippen LogP contribution is -1.97. The summed E-state index contributed by atoms with van der Waals surface area (Å²) in [7, 11) is 1.46. The van der Waals surface area contributed by atoms with Gasteiger partial charge in [-0.2, -0.15) is 0 Å². The van der Waals surface area contributed by atoms with E-state index >= 15 is 0 Å². The zero-order valence-electron chi connectivity index (χ0n) is 11.0. The average molecular weight is 208 g/mol. The fourth-order valence-corrected chi connectivity index (χ4v) is 1.46. The Labute approximate surface area is 90.7 Å². The molecule has 2 N–H and O–H groups in total. The predicted octanol–water partition coefficient (Wildman–Crippen LogP) is 2.18. The van der Waals surface area contributed by atoms with Crippen molar-refractivity contribution in [1.82, 2.24) is 4.98 Å². The van der Waals surface area contributed by atoms with Crippen molar-refractivity contribution in [3.8, 4) is 5.75 Å². The smallest absolute Gasteiger partial charge is 0.352 e. The maximum atomic E-state index is 11.1. The molecular weight excluding hydrogens is 194 g/mol. The van der Waals surface area contributed by atoms with E-state index in [9.17, 15) is 4.79 Å². The highest BCUT2D eigenvalue weighted by molar-refractivity contribution is 5.97. The Hall–Kier alpha value is -1.97. The van der Waals surface area contributed by atoms with Crippen LogP contribution in [0.4, 0.5) is 0 Å². The number of benzene rings is 1. The largest absolute Gasteiger partial charge is 0.497 e. The van der Waals surface area contributed by atoms with Crippen LogP contribution in [0.1, 0.15) is 20.2 Å². The van der Waals surface area contributed by atoms with Crippen LogP contribution in [0.15, 0.2) is 18.2 Å². The highest BCUT2D eigenvalue weighted by atomic mass is 16.5. The molecule has 1 aromatic carbocycles. The number of hydrogen-bond acceptors (Lipinski definition) is 2. The second kappa shape index (κ2) is 3.31. The van der Waals surface area contributed by atoms with Crippen LogP contribution in [0.3, 0.4) is 0 Å². The van der Waals surface area contributed by atoms with E-state index in [0.717, 1.165) is 0 Å². The van der Waals surface area contributed by atoms with E-state index in [-0.39, 0.29) is 11.3 Å². The molecule has 1 aromatic heterocycles. The van der Waals surface area contributed by atoms with E-state index < -0.39 is 12.8 Å². The fraction of sp³-hybridized carbons (Fsp3) is 0.182. The summed E-state index contributed by atoms with van der Waals surface area (Å²) >= 11 is 0. The number of nitrogens with one attached hydrogen (secondary N) is 1. The molecule has 1 heterocycles. The number of carboxylic acid groups (broad SMARTS) is 1. The molecule has 0 bridgehead atoms. The van der Waals surface area contributed by atoms with Crippen molar-refractivity contribution in [3.63, 3.8) is 0 Å². The van der Waals surface area contributed by atoms with Crippen molar-refractivity contribution < 1.29 is 18.8 Å². The molecule has 0 spiro atoms. The summed E-state index contributed by atoms with van der Waals surface area (Å²) < 4.78 is 27.3. The first-order valence-electron chi connectivity index (χ1n) is 5.78. The number of hydrogen-bond donors (Lipinski definition) is 2. The number of H-pyrrole nitrogens is 1. The predicted molar refractivity (Wildman–Crippen MR) is 56.5 cm³/mol. The van der Waals surface area contributed by atoms with Crippen LogP contribution in [0.25, 0.3) is 10.9 Å². The maximum absolute atomic E-state index is 11.1. The van der Waals surface area contributed by atoms with E-state index in [0.29, 0.717) is 16.7 Å². The SMILES string of the molecule is [2H]C([2H])([2H])c1c(C(=O)O)[nH]c2ccc(OC)cc12. The molecular formula is C11H11NO3. The van der Waals surface area contributed by atoms with Gasteiger partial charge in [-0.1, -0.05) is 0 Å². The topological polar surface area (TPSA) is 62.3 Å². The van der Waals surface area contributed by atoms with Crippen LogP contribution in [0, 0.1) is 6.85 Å². The van der Waals surface area contributed by atoms with Gasteiger partial charge in [-0.15, -0.1) is 0 Å². The van der Waals surface area contributed by atoms with Crippen LogP contribution >= 0.6 is 0 Å². The van der Waals surface area contributed by atoms with Gasteiger partial charge in [0, 0.05) is 15.0 Å². The zero-order chi connectivity index (χ0) is 13.5. The van der Waals surface area contributed by atoms with Gasteiger partial charge >= 0.3 is 5.97 Å². The Morgan fingerprint density at radius 2 is 2.40 bits per heavy atom. The molecule has 0 unspecified atom stereocenters. The lowest BCUT2D eigenvalue weighted by atomic mass is 10.1. The molecule has 4 heteroatoms. The summed E-state index contributed by atoms with van der Waals surface area (Å²) in [4.78, 5) is 13.7. The summed E-state index contributed by atoms with van der Waals surface area (Å²) in [5, 5.41) is 9.38. The van der Waals surface area contributed by atoms with Gasteiger partial charge in [0.05, 0.1) is 7.11 Å². The number of carboxylic acids is 1. The molecule has 78 valence electrons. The van der Waals surface area contributed by atoms with Gasteiger partial charge in [-0.05, 0) is 30.6 Å². The lowest BCUT2D eigenvalue weighted by Gasteiger charge is -1.98. The van der Waals surface area contributed by atoms with Crippen LogP contribution in [0.5, 0.6) is 5.75 Å². The highest BCUT2D eigenvalue weighted by Crippen LogP contribution is 2.25. The third kappa shape index (κ3) is 1.44. The fourth-order valence-electron chi connectivity index (χ4n) is 1.46. The van der Waals surface area contributed by atoms with Crippen LogP contribution in [0.2, 0.25) is 0 Å². The molecule has 0 radical (unpaired) electrons. The van der Waals surface area contributed by atoms with Gasteiger partial charge in [0.25, 0.3) is 0 Å². The number of aromatic nitrogens is 1. The summed E-state index contributed by atoms with van der Waals surface area (Å²) in [5.74, 6) is -0.819. The molecule has 0 aliphatic carbocycles. The van der Waals surface area contributed by atoms with Crippen molar-refractivity contribution >= 4 is 16.9 Å². The number of methoxy groups -OCH3 is 1. The Balaban J connectivity index is 2.83. The molecule has 0 atom stereocenters. The van der Waals surface area contributed by atoms with E-state index in [1.165, 1.54) is 13.2 Å². The van der Waals surface area contributed by atoms with E-state index in [2.05, 4.69) is 4.98 Å². The highest BCUT2D eigenvalue weighted by Gasteiger charge is 2.13. The van der Waals surface area contributed by atoms with Crippen molar-refractivity contribution in [2.75, 3.05) is 7.11 Å². The summed E-state index contributed by atoms with van der Waals surface area (Å²) in [6.07, 6.45) is 0. The van der Waals surface area contributed by atoms with Crippen molar-refractivity contribution in [2.24, 2.45) is 0 Å². The van der Waals surface area contributed by atoms with Crippen LogP contribution in [-0.4, -0.2) is 23.2 Å². The van der Waals surface area contributed by atoms with Crippen molar-refractivity contribution in [1.29, 1.82) is 0 Å². The van der Waals surface area contributed by atoms with E-state index in [1.54, 1.807) is 12.1 Å². The Morgan fingerprint density at radius 1 is 1.60 bits per heavy atom. The summed E-state index contributed by atoms with van der Waals surface area (Å²) in [5.41, 5.74) is -0.0403. The third-order valence-corrected chi connectivity index (χ3v) is 2.22. The molecule has 0 saturated heterocycles. The van der Waals surface area contributed by atoms with Gasteiger partial charge in [0.15, 0.2) is 0 Å². The minimum Gasteiger partial charge on any atom is -0.497 e. The summed E-state index contributed by atoms with van der Waals surface area (Å²) in [6.45, 7) is -2.50. The summed E-state index contributed by atoms with van der Waals surface area (Å²) in [6, 6.07) is 4.74. The van der Waals surface area contributed by atoms with Gasteiger partial charge in [-0.3, -0.25) is 0 Å². The number of ether oxygens (including phenoxy) is 1. The lowest BCUT2D eigenvalue weighted by molar-refractivity contribution is 0.0691.